The third-order valence-corrected chi connectivity index (χ3v) is 7.67. The summed E-state index contributed by atoms with van der Waals surface area (Å²) in [5, 5.41) is 0.283. The van der Waals surface area contributed by atoms with Crippen molar-refractivity contribution in [3.8, 4) is 0 Å². The number of amides is 1. The highest BCUT2D eigenvalue weighted by Crippen LogP contribution is 2.32. The predicted octanol–water partition coefficient (Wildman–Crippen LogP) is 2.48. The van der Waals surface area contributed by atoms with Crippen molar-refractivity contribution in [2.75, 3.05) is 36.0 Å². The second kappa shape index (κ2) is 8.47. The summed E-state index contributed by atoms with van der Waals surface area (Å²) < 4.78 is 38.1. The lowest BCUT2D eigenvalue weighted by atomic mass is 9.96. The van der Waals surface area contributed by atoms with Crippen LogP contribution in [0.5, 0.6) is 0 Å². The lowest BCUT2D eigenvalue weighted by Gasteiger charge is -2.43. The molecule has 7 nitrogen and oxygen atoms in total. The molecule has 2 aromatic rings. The topological polar surface area (TPSA) is 83.5 Å². The Bertz CT molecular complexity index is 1020. The number of rotatable bonds is 3. The third-order valence-electron chi connectivity index (χ3n) is 5.76. The molecule has 0 spiro atoms. The first-order chi connectivity index (χ1) is 14.3. The quantitative estimate of drug-likeness (QED) is 0.711. The number of halogens is 2. The molecule has 1 amide bonds. The van der Waals surface area contributed by atoms with Gasteiger partial charge in [0.15, 0.2) is 0 Å². The molecule has 160 valence electrons. The molecule has 30 heavy (non-hydrogen) atoms. The molecule has 3 heterocycles. The zero-order valence-corrected chi connectivity index (χ0v) is 17.8. The molecule has 1 aromatic heterocycles. The molecule has 10 heteroatoms. The minimum absolute atomic E-state index is 0.0219. The number of carbonyl (C=O) groups excluding carboxylic acids is 1. The molecule has 1 atom stereocenters. The molecule has 0 saturated carbocycles. The maximum atomic E-state index is 14.7. The van der Waals surface area contributed by atoms with Gasteiger partial charge in [-0.15, -0.1) is 0 Å². The Labute approximate surface area is 179 Å². The molecular weight excluding hydrogens is 431 g/mol. The van der Waals surface area contributed by atoms with Crippen LogP contribution in [0.4, 0.5) is 10.2 Å². The number of benzene rings is 1. The number of piperazine rings is 1. The molecule has 0 N–H and O–H groups in total. The van der Waals surface area contributed by atoms with Crippen molar-refractivity contribution >= 4 is 33.2 Å². The Balaban J connectivity index is 1.60. The normalized spacial score (nSPS) is 22.1. The van der Waals surface area contributed by atoms with Crippen molar-refractivity contribution in [1.29, 1.82) is 0 Å². The van der Waals surface area contributed by atoms with E-state index < -0.39 is 15.9 Å². The Morgan fingerprint density at radius 2 is 1.83 bits per heavy atom. The number of hydrogen-bond acceptors (Lipinski definition) is 6. The van der Waals surface area contributed by atoms with Crippen molar-refractivity contribution in [1.82, 2.24) is 14.9 Å². The Hall–Kier alpha value is -2.26. The third kappa shape index (κ3) is 4.41. The number of hydrogen-bond donors (Lipinski definition) is 0. The second-order valence-electron chi connectivity index (χ2n) is 7.64. The standard InChI is InChI=1S/C20H22ClFN4O3S/c21-18-11-24-19(12-23-18)25-7-8-26(17(13-25)15-3-1-2-4-16(15)22)20(27)14-5-9-30(28,29)10-6-14/h1-4,11-12,14,17H,5-10,13H2. The molecule has 2 fully saturated rings. The highest BCUT2D eigenvalue weighted by molar-refractivity contribution is 7.91. The minimum Gasteiger partial charge on any atom is -0.351 e. The van der Waals surface area contributed by atoms with Crippen LogP contribution in [-0.2, 0) is 14.6 Å². The van der Waals surface area contributed by atoms with E-state index in [9.17, 15) is 17.6 Å². The summed E-state index contributed by atoms with van der Waals surface area (Å²) in [5.74, 6) is -0.195. The number of nitrogens with zero attached hydrogens (tertiary/aromatic N) is 4. The molecule has 2 saturated heterocycles. The van der Waals surface area contributed by atoms with E-state index in [1.54, 1.807) is 29.3 Å². The summed E-state index contributed by atoms with van der Waals surface area (Å²) in [6.07, 6.45) is 3.64. The maximum absolute atomic E-state index is 14.7. The molecule has 2 aliphatic heterocycles. The summed E-state index contributed by atoms with van der Waals surface area (Å²) in [6, 6.07) is 5.91. The fourth-order valence-corrected chi connectivity index (χ4v) is 5.70. The van der Waals surface area contributed by atoms with Crippen LogP contribution in [0.15, 0.2) is 36.7 Å². The van der Waals surface area contributed by atoms with Gasteiger partial charge in [-0.25, -0.2) is 22.8 Å². The fourth-order valence-electron chi connectivity index (χ4n) is 4.11. The van der Waals surface area contributed by atoms with Gasteiger partial charge >= 0.3 is 0 Å². The van der Waals surface area contributed by atoms with Gasteiger partial charge in [0.25, 0.3) is 0 Å². The van der Waals surface area contributed by atoms with E-state index in [-0.39, 0.29) is 34.3 Å². The Morgan fingerprint density at radius 3 is 2.50 bits per heavy atom. The monoisotopic (exact) mass is 452 g/mol. The second-order valence-corrected chi connectivity index (χ2v) is 10.3. The first-order valence-electron chi connectivity index (χ1n) is 9.82. The largest absolute Gasteiger partial charge is 0.351 e. The van der Waals surface area contributed by atoms with Crippen molar-refractivity contribution in [2.24, 2.45) is 5.92 Å². The SMILES string of the molecule is O=C(C1CCS(=O)(=O)CC1)N1CCN(c2cnc(Cl)cn2)CC1c1ccccc1F. The van der Waals surface area contributed by atoms with Crippen molar-refractivity contribution in [2.45, 2.75) is 18.9 Å². The van der Waals surface area contributed by atoms with Crippen LogP contribution in [-0.4, -0.2) is 60.3 Å². The van der Waals surface area contributed by atoms with Crippen LogP contribution in [0.25, 0.3) is 0 Å². The Morgan fingerprint density at radius 1 is 1.10 bits per heavy atom. The number of sulfone groups is 1. The average molecular weight is 453 g/mol. The molecule has 1 aromatic carbocycles. The van der Waals surface area contributed by atoms with Crippen molar-refractivity contribution in [3.63, 3.8) is 0 Å². The van der Waals surface area contributed by atoms with Gasteiger partial charge in [-0.1, -0.05) is 29.8 Å². The van der Waals surface area contributed by atoms with Gasteiger partial charge < -0.3 is 9.80 Å². The Kier molecular flexibility index (Phi) is 5.92. The van der Waals surface area contributed by atoms with E-state index in [4.69, 9.17) is 11.6 Å². The zero-order chi connectivity index (χ0) is 21.3. The van der Waals surface area contributed by atoms with Crippen LogP contribution in [0, 0.1) is 11.7 Å². The predicted molar refractivity (Wildman–Crippen MR) is 111 cm³/mol. The van der Waals surface area contributed by atoms with Crippen molar-refractivity contribution in [3.05, 3.63) is 53.2 Å². The first-order valence-corrected chi connectivity index (χ1v) is 12.0. The summed E-state index contributed by atoms with van der Waals surface area (Å²) >= 11 is 5.83. The molecule has 1 unspecified atom stereocenters. The summed E-state index contributed by atoms with van der Waals surface area (Å²) in [7, 11) is -3.07. The lowest BCUT2D eigenvalue weighted by Crippen LogP contribution is -2.53. The molecule has 0 aliphatic carbocycles. The van der Waals surface area contributed by atoms with E-state index in [1.165, 1.54) is 12.3 Å². The number of aromatic nitrogens is 2. The molecule has 4 rings (SSSR count). The van der Waals surface area contributed by atoms with Crippen LogP contribution < -0.4 is 4.90 Å². The van der Waals surface area contributed by atoms with E-state index in [0.717, 1.165) is 0 Å². The molecule has 0 radical (unpaired) electrons. The van der Waals surface area contributed by atoms with Gasteiger partial charge in [0.1, 0.15) is 26.6 Å². The molecular formula is C20H22ClFN4O3S. The maximum Gasteiger partial charge on any atom is 0.226 e. The highest BCUT2D eigenvalue weighted by Gasteiger charge is 2.38. The summed E-state index contributed by atoms with van der Waals surface area (Å²) in [4.78, 5) is 25.3. The van der Waals surface area contributed by atoms with E-state index in [2.05, 4.69) is 9.97 Å². The van der Waals surface area contributed by atoms with Crippen LogP contribution in [0.3, 0.4) is 0 Å². The van der Waals surface area contributed by atoms with Gasteiger partial charge in [0, 0.05) is 31.1 Å². The van der Waals surface area contributed by atoms with Crippen LogP contribution >= 0.6 is 11.6 Å². The van der Waals surface area contributed by atoms with Gasteiger partial charge in [0.2, 0.25) is 5.91 Å². The zero-order valence-electron chi connectivity index (χ0n) is 16.2. The van der Waals surface area contributed by atoms with Gasteiger partial charge in [-0.3, -0.25) is 4.79 Å². The van der Waals surface area contributed by atoms with E-state index >= 15 is 0 Å². The minimum atomic E-state index is -3.07. The lowest BCUT2D eigenvalue weighted by molar-refractivity contribution is -0.138. The molecule has 0 bridgehead atoms. The summed E-state index contributed by atoms with van der Waals surface area (Å²) in [5.41, 5.74) is 0.431. The van der Waals surface area contributed by atoms with Crippen LogP contribution in [0.1, 0.15) is 24.4 Å². The van der Waals surface area contributed by atoms with E-state index in [0.29, 0.717) is 43.9 Å². The van der Waals surface area contributed by atoms with Gasteiger partial charge in [-0.2, -0.15) is 0 Å². The summed E-state index contributed by atoms with van der Waals surface area (Å²) in [6.45, 7) is 1.25. The van der Waals surface area contributed by atoms with Crippen LogP contribution in [0.2, 0.25) is 5.15 Å². The van der Waals surface area contributed by atoms with Gasteiger partial charge in [-0.05, 0) is 18.9 Å². The highest BCUT2D eigenvalue weighted by atomic mass is 35.5. The van der Waals surface area contributed by atoms with Crippen molar-refractivity contribution < 1.29 is 17.6 Å². The fraction of sp³-hybridized carbons (Fsp3) is 0.450. The average Bonchev–Trinajstić information content (AvgIpc) is 2.74. The van der Waals surface area contributed by atoms with Gasteiger partial charge in [0.05, 0.1) is 29.9 Å². The smallest absolute Gasteiger partial charge is 0.226 e. The first kappa shape index (κ1) is 21.0. The van der Waals surface area contributed by atoms with E-state index in [1.807, 2.05) is 4.90 Å². The molecule has 2 aliphatic rings. The number of carbonyl (C=O) groups is 1. The number of anilines is 1.